The fourth-order valence-electron chi connectivity index (χ4n) is 2.52. The number of hydrogen-bond donors (Lipinski definition) is 0. The van der Waals surface area contributed by atoms with Crippen molar-refractivity contribution in [2.75, 3.05) is 20.6 Å². The van der Waals surface area contributed by atoms with Crippen molar-refractivity contribution in [3.05, 3.63) is 33.4 Å². The summed E-state index contributed by atoms with van der Waals surface area (Å²) in [5, 5.41) is 0. The van der Waals surface area contributed by atoms with Crippen LogP contribution in [-0.2, 0) is 6.42 Å². The van der Waals surface area contributed by atoms with E-state index in [-0.39, 0.29) is 0 Å². The molecule has 1 aromatic rings. The highest BCUT2D eigenvalue weighted by molar-refractivity contribution is 5.49. The minimum Gasteiger partial charge on any atom is -0.309 e. The summed E-state index contributed by atoms with van der Waals surface area (Å²) >= 11 is 0. The topological polar surface area (TPSA) is 3.24 Å². The first-order valence-corrected chi connectivity index (χ1v) is 6.56. The van der Waals surface area contributed by atoms with Gasteiger partial charge >= 0.3 is 0 Å². The van der Waals surface area contributed by atoms with Crippen LogP contribution in [0.4, 0.5) is 0 Å². The Bertz CT molecular complexity index is 373. The van der Waals surface area contributed by atoms with Gasteiger partial charge in [0.05, 0.1) is 0 Å². The molecule has 0 aliphatic carbocycles. The predicted octanol–water partition coefficient (Wildman–Crippen LogP) is 3.72. The molecule has 0 fully saturated rings. The molecule has 0 heterocycles. The highest BCUT2D eigenvalue weighted by atomic mass is 15.0. The summed E-state index contributed by atoms with van der Waals surface area (Å²) in [6.07, 6.45) is 2.45. The first-order chi connectivity index (χ1) is 7.86. The van der Waals surface area contributed by atoms with Gasteiger partial charge < -0.3 is 4.90 Å². The van der Waals surface area contributed by atoms with Crippen LogP contribution in [0.5, 0.6) is 0 Å². The zero-order chi connectivity index (χ0) is 13.2. The maximum atomic E-state index is 2.28. The zero-order valence-electron chi connectivity index (χ0n) is 12.6. The highest BCUT2D eigenvalue weighted by Crippen LogP contribution is 2.26. The molecule has 0 unspecified atom stereocenters. The SMILES string of the molecule is Cc1c(C)c(C)c(CCCN(C)C)c(C)c1C. The van der Waals surface area contributed by atoms with Crippen LogP contribution in [0, 0.1) is 34.6 Å². The van der Waals surface area contributed by atoms with Crippen molar-refractivity contribution in [1.82, 2.24) is 4.90 Å². The van der Waals surface area contributed by atoms with Gasteiger partial charge in [0.15, 0.2) is 0 Å². The predicted molar refractivity (Wildman–Crippen MR) is 77.0 cm³/mol. The summed E-state index contributed by atoms with van der Waals surface area (Å²) in [7, 11) is 4.29. The molecule has 0 saturated heterocycles. The Labute approximate surface area is 107 Å². The Morgan fingerprint density at radius 3 is 1.53 bits per heavy atom. The van der Waals surface area contributed by atoms with Crippen molar-refractivity contribution in [2.24, 2.45) is 0 Å². The van der Waals surface area contributed by atoms with Gasteiger partial charge in [-0.15, -0.1) is 0 Å². The molecule has 96 valence electrons. The number of rotatable bonds is 4. The second-order valence-electron chi connectivity index (χ2n) is 5.51. The molecule has 1 aromatic carbocycles. The smallest absolute Gasteiger partial charge is 0.00217 e. The van der Waals surface area contributed by atoms with Crippen LogP contribution in [0.15, 0.2) is 0 Å². The maximum Gasteiger partial charge on any atom is -0.00217 e. The van der Waals surface area contributed by atoms with Crippen LogP contribution in [0.2, 0.25) is 0 Å². The maximum absolute atomic E-state index is 2.28. The average Bonchev–Trinajstić information content (AvgIpc) is 2.28. The summed E-state index contributed by atoms with van der Waals surface area (Å²) in [6, 6.07) is 0. The minimum absolute atomic E-state index is 1.17. The first kappa shape index (κ1) is 14.2. The van der Waals surface area contributed by atoms with Gasteiger partial charge in [-0.05, 0) is 101 Å². The van der Waals surface area contributed by atoms with Crippen molar-refractivity contribution >= 4 is 0 Å². The van der Waals surface area contributed by atoms with Gasteiger partial charge in [-0.3, -0.25) is 0 Å². The van der Waals surface area contributed by atoms with E-state index in [1.807, 2.05) is 0 Å². The van der Waals surface area contributed by atoms with Gasteiger partial charge in [-0.25, -0.2) is 0 Å². The van der Waals surface area contributed by atoms with E-state index in [9.17, 15) is 0 Å². The van der Waals surface area contributed by atoms with Gasteiger partial charge in [0.1, 0.15) is 0 Å². The summed E-state index contributed by atoms with van der Waals surface area (Å²) in [4.78, 5) is 2.26. The van der Waals surface area contributed by atoms with E-state index in [1.54, 1.807) is 5.56 Å². The molecule has 0 aromatic heterocycles. The van der Waals surface area contributed by atoms with Gasteiger partial charge in [0, 0.05) is 0 Å². The largest absolute Gasteiger partial charge is 0.309 e. The quantitative estimate of drug-likeness (QED) is 0.766. The fraction of sp³-hybridized carbons (Fsp3) is 0.625. The fourth-order valence-corrected chi connectivity index (χ4v) is 2.52. The van der Waals surface area contributed by atoms with Gasteiger partial charge in [0.2, 0.25) is 0 Å². The third-order valence-electron chi connectivity index (χ3n) is 4.19. The van der Waals surface area contributed by atoms with Crippen LogP contribution >= 0.6 is 0 Å². The third kappa shape index (κ3) is 3.10. The van der Waals surface area contributed by atoms with E-state index < -0.39 is 0 Å². The molecular weight excluding hydrogens is 206 g/mol. The molecule has 0 radical (unpaired) electrons. The lowest BCUT2D eigenvalue weighted by atomic mass is 9.87. The van der Waals surface area contributed by atoms with Crippen molar-refractivity contribution in [1.29, 1.82) is 0 Å². The molecule has 1 nitrogen and oxygen atoms in total. The van der Waals surface area contributed by atoms with Crippen molar-refractivity contribution in [3.8, 4) is 0 Å². The molecule has 1 heteroatoms. The second-order valence-corrected chi connectivity index (χ2v) is 5.51. The van der Waals surface area contributed by atoms with E-state index in [2.05, 4.69) is 53.6 Å². The van der Waals surface area contributed by atoms with Crippen molar-refractivity contribution in [2.45, 2.75) is 47.5 Å². The summed E-state index contributed by atoms with van der Waals surface area (Å²) < 4.78 is 0. The Kier molecular flexibility index (Phi) is 4.76. The Morgan fingerprint density at radius 2 is 1.12 bits per heavy atom. The molecule has 0 spiro atoms. The lowest BCUT2D eigenvalue weighted by molar-refractivity contribution is 0.400. The van der Waals surface area contributed by atoms with E-state index in [0.717, 1.165) is 0 Å². The van der Waals surface area contributed by atoms with Gasteiger partial charge in [-0.1, -0.05) is 0 Å². The highest BCUT2D eigenvalue weighted by Gasteiger charge is 2.11. The van der Waals surface area contributed by atoms with Crippen molar-refractivity contribution in [3.63, 3.8) is 0 Å². The monoisotopic (exact) mass is 233 g/mol. The average molecular weight is 233 g/mol. The molecule has 0 N–H and O–H groups in total. The van der Waals surface area contributed by atoms with E-state index in [1.165, 1.54) is 47.2 Å². The van der Waals surface area contributed by atoms with Crippen molar-refractivity contribution < 1.29 is 0 Å². The van der Waals surface area contributed by atoms with Crippen LogP contribution in [-0.4, -0.2) is 25.5 Å². The lowest BCUT2D eigenvalue weighted by Gasteiger charge is -2.19. The first-order valence-electron chi connectivity index (χ1n) is 6.56. The van der Waals surface area contributed by atoms with Crippen LogP contribution in [0.3, 0.4) is 0 Å². The normalized spacial score (nSPS) is 11.3. The van der Waals surface area contributed by atoms with Crippen LogP contribution < -0.4 is 0 Å². The third-order valence-corrected chi connectivity index (χ3v) is 4.19. The van der Waals surface area contributed by atoms with E-state index >= 15 is 0 Å². The molecule has 1 rings (SSSR count). The van der Waals surface area contributed by atoms with Crippen LogP contribution in [0.25, 0.3) is 0 Å². The lowest BCUT2D eigenvalue weighted by Crippen LogP contribution is -2.14. The molecule has 17 heavy (non-hydrogen) atoms. The summed E-state index contributed by atoms with van der Waals surface area (Å²) in [5.41, 5.74) is 9.01. The number of hydrogen-bond acceptors (Lipinski definition) is 1. The van der Waals surface area contributed by atoms with Crippen LogP contribution in [0.1, 0.15) is 39.8 Å². The van der Waals surface area contributed by atoms with E-state index in [0.29, 0.717) is 0 Å². The minimum atomic E-state index is 1.17. The second kappa shape index (κ2) is 5.68. The number of benzene rings is 1. The molecule has 0 aliphatic heterocycles. The van der Waals surface area contributed by atoms with Gasteiger partial charge in [0.25, 0.3) is 0 Å². The Morgan fingerprint density at radius 1 is 0.706 bits per heavy atom. The number of nitrogens with zero attached hydrogens (tertiary/aromatic N) is 1. The zero-order valence-corrected chi connectivity index (χ0v) is 12.6. The Hall–Kier alpha value is -0.820. The Balaban J connectivity index is 2.99. The molecule has 0 amide bonds. The van der Waals surface area contributed by atoms with E-state index in [4.69, 9.17) is 0 Å². The molecule has 0 atom stereocenters. The molecule has 0 bridgehead atoms. The standard InChI is InChI=1S/C16H27N/c1-11-12(2)14(4)16(15(5)13(11)3)9-8-10-17(6)7/h8-10H2,1-7H3. The summed E-state index contributed by atoms with van der Waals surface area (Å²) in [5.74, 6) is 0. The molecule has 0 aliphatic rings. The van der Waals surface area contributed by atoms with Gasteiger partial charge in [-0.2, -0.15) is 0 Å². The molecule has 0 saturated carbocycles. The molecular formula is C16H27N. The summed E-state index contributed by atoms with van der Waals surface area (Å²) in [6.45, 7) is 12.5.